The average molecular weight is 289 g/mol. The highest BCUT2D eigenvalue weighted by Gasteiger charge is 2.12. The van der Waals surface area contributed by atoms with Gasteiger partial charge in [-0.2, -0.15) is 0 Å². The Labute approximate surface area is 103 Å². The van der Waals surface area contributed by atoms with Crippen LogP contribution in [0, 0.1) is 5.82 Å². The molecule has 3 nitrogen and oxygen atoms in total. The van der Waals surface area contributed by atoms with Gasteiger partial charge < -0.3 is 10.2 Å². The highest BCUT2D eigenvalue weighted by molar-refractivity contribution is 9.10. The van der Waals surface area contributed by atoms with Gasteiger partial charge in [0.15, 0.2) is 0 Å². The summed E-state index contributed by atoms with van der Waals surface area (Å²) < 4.78 is 13.6. The Morgan fingerprint density at radius 2 is 2.12 bits per heavy atom. The van der Waals surface area contributed by atoms with Gasteiger partial charge in [0.1, 0.15) is 5.82 Å². The fourth-order valence-corrected chi connectivity index (χ4v) is 1.23. The number of alkyl halides is 1. The molecule has 1 aromatic carbocycles. The van der Waals surface area contributed by atoms with Crippen molar-refractivity contribution in [2.24, 2.45) is 0 Å². The van der Waals surface area contributed by atoms with Crippen molar-refractivity contribution in [2.75, 3.05) is 24.3 Å². The topological polar surface area (TPSA) is 32.3 Å². The molecule has 5 heteroatoms. The molecule has 0 aromatic heterocycles. The van der Waals surface area contributed by atoms with Crippen molar-refractivity contribution in [2.45, 2.75) is 11.8 Å². The van der Waals surface area contributed by atoms with Crippen molar-refractivity contribution in [1.29, 1.82) is 0 Å². The Morgan fingerprint density at radius 3 is 2.56 bits per heavy atom. The van der Waals surface area contributed by atoms with Crippen LogP contribution in [0.25, 0.3) is 0 Å². The molecule has 0 fully saturated rings. The largest absolute Gasteiger partial charge is 0.378 e. The monoisotopic (exact) mass is 288 g/mol. The van der Waals surface area contributed by atoms with Crippen LogP contribution in [0.15, 0.2) is 18.2 Å². The van der Waals surface area contributed by atoms with Crippen molar-refractivity contribution in [3.05, 3.63) is 24.0 Å². The van der Waals surface area contributed by atoms with Crippen LogP contribution in [0.2, 0.25) is 0 Å². The maximum Gasteiger partial charge on any atom is 0.237 e. The molecule has 0 aliphatic heterocycles. The number of nitrogens with zero attached hydrogens (tertiary/aromatic N) is 1. The first kappa shape index (κ1) is 13.0. The molecule has 0 saturated heterocycles. The summed E-state index contributed by atoms with van der Waals surface area (Å²) in [6, 6.07) is 4.68. The number of halogens is 2. The lowest BCUT2D eigenvalue weighted by Gasteiger charge is -2.14. The fraction of sp³-hybridized carbons (Fsp3) is 0.364. The quantitative estimate of drug-likeness (QED) is 0.868. The van der Waals surface area contributed by atoms with Crippen molar-refractivity contribution in [3.8, 4) is 0 Å². The lowest BCUT2D eigenvalue weighted by molar-refractivity contribution is -0.115. The Morgan fingerprint density at radius 1 is 1.50 bits per heavy atom. The Kier molecular flexibility index (Phi) is 4.29. The predicted octanol–water partition coefficient (Wildman–Crippen LogP) is 2.61. The molecular weight excluding hydrogens is 275 g/mol. The van der Waals surface area contributed by atoms with Gasteiger partial charge in [-0.15, -0.1) is 0 Å². The van der Waals surface area contributed by atoms with E-state index in [2.05, 4.69) is 21.2 Å². The summed E-state index contributed by atoms with van der Waals surface area (Å²) in [4.78, 5) is 12.8. The van der Waals surface area contributed by atoms with E-state index >= 15 is 0 Å². The molecule has 0 aliphatic rings. The van der Waals surface area contributed by atoms with Crippen molar-refractivity contribution >= 4 is 33.2 Å². The van der Waals surface area contributed by atoms with E-state index in [1.54, 1.807) is 24.0 Å². The summed E-state index contributed by atoms with van der Waals surface area (Å²) in [5.41, 5.74) is 0.948. The van der Waals surface area contributed by atoms with Crippen LogP contribution in [-0.4, -0.2) is 24.8 Å². The molecule has 1 amide bonds. The van der Waals surface area contributed by atoms with E-state index in [-0.39, 0.29) is 16.4 Å². The number of hydrogen-bond donors (Lipinski definition) is 1. The maximum atomic E-state index is 13.6. The van der Waals surface area contributed by atoms with Crippen LogP contribution in [0.5, 0.6) is 0 Å². The summed E-state index contributed by atoms with van der Waals surface area (Å²) >= 11 is 3.12. The predicted molar refractivity (Wildman–Crippen MR) is 67.7 cm³/mol. The molecule has 0 spiro atoms. The number of nitrogens with one attached hydrogen (secondary N) is 1. The lowest BCUT2D eigenvalue weighted by atomic mass is 10.2. The van der Waals surface area contributed by atoms with Crippen LogP contribution < -0.4 is 10.2 Å². The van der Waals surface area contributed by atoms with E-state index in [0.717, 1.165) is 5.69 Å². The van der Waals surface area contributed by atoms with E-state index in [9.17, 15) is 9.18 Å². The number of carbonyl (C=O) groups excluding carboxylic acids is 1. The van der Waals surface area contributed by atoms with Crippen LogP contribution in [0.1, 0.15) is 6.92 Å². The van der Waals surface area contributed by atoms with E-state index in [4.69, 9.17) is 0 Å². The van der Waals surface area contributed by atoms with Gasteiger partial charge in [0.25, 0.3) is 0 Å². The minimum atomic E-state index is -0.437. The number of hydrogen-bond acceptors (Lipinski definition) is 2. The molecule has 1 unspecified atom stereocenters. The highest BCUT2D eigenvalue weighted by atomic mass is 79.9. The molecule has 0 heterocycles. The van der Waals surface area contributed by atoms with Gasteiger partial charge in [-0.3, -0.25) is 4.79 Å². The maximum absolute atomic E-state index is 13.6. The second kappa shape index (κ2) is 5.30. The van der Waals surface area contributed by atoms with Crippen LogP contribution in [0.3, 0.4) is 0 Å². The van der Waals surface area contributed by atoms with Gasteiger partial charge in [-0.05, 0) is 25.1 Å². The van der Waals surface area contributed by atoms with Gasteiger partial charge in [0.2, 0.25) is 5.91 Å². The third-order valence-electron chi connectivity index (χ3n) is 2.09. The zero-order valence-electron chi connectivity index (χ0n) is 9.42. The highest BCUT2D eigenvalue weighted by Crippen LogP contribution is 2.21. The second-order valence-electron chi connectivity index (χ2n) is 3.66. The SMILES string of the molecule is CC(Br)C(=O)Nc1ccc(N(C)C)cc1F. The first-order valence-corrected chi connectivity index (χ1v) is 5.75. The summed E-state index contributed by atoms with van der Waals surface area (Å²) in [7, 11) is 3.65. The number of carbonyl (C=O) groups is 1. The zero-order chi connectivity index (χ0) is 12.3. The van der Waals surface area contributed by atoms with Crippen molar-refractivity contribution in [3.63, 3.8) is 0 Å². The van der Waals surface area contributed by atoms with Crippen LogP contribution in [0.4, 0.5) is 15.8 Å². The van der Waals surface area contributed by atoms with Crippen LogP contribution in [-0.2, 0) is 4.79 Å². The average Bonchev–Trinajstić information content (AvgIpc) is 2.20. The molecule has 16 heavy (non-hydrogen) atoms. The lowest BCUT2D eigenvalue weighted by Crippen LogP contribution is -2.20. The smallest absolute Gasteiger partial charge is 0.237 e. The van der Waals surface area contributed by atoms with Gasteiger partial charge in [0.05, 0.1) is 10.5 Å². The number of benzene rings is 1. The molecule has 1 N–H and O–H groups in total. The summed E-state index contributed by atoms with van der Waals surface area (Å²) in [5.74, 6) is -0.704. The summed E-state index contributed by atoms with van der Waals surface area (Å²) in [6.45, 7) is 1.68. The first-order valence-electron chi connectivity index (χ1n) is 4.83. The third-order valence-corrected chi connectivity index (χ3v) is 2.50. The van der Waals surface area contributed by atoms with Crippen molar-refractivity contribution in [1.82, 2.24) is 0 Å². The molecule has 0 bridgehead atoms. The summed E-state index contributed by atoms with van der Waals surface area (Å²) in [6.07, 6.45) is 0. The first-order chi connectivity index (χ1) is 7.41. The third kappa shape index (κ3) is 3.20. The Hall–Kier alpha value is -1.10. The molecule has 1 rings (SSSR count). The fourth-order valence-electron chi connectivity index (χ4n) is 1.12. The minimum Gasteiger partial charge on any atom is -0.378 e. The second-order valence-corrected chi connectivity index (χ2v) is 5.04. The Balaban J connectivity index is 2.87. The Bertz CT molecular complexity index is 394. The molecule has 1 aromatic rings. The van der Waals surface area contributed by atoms with E-state index in [1.807, 2.05) is 14.1 Å². The molecule has 88 valence electrons. The normalized spacial score (nSPS) is 12.1. The summed E-state index contributed by atoms with van der Waals surface area (Å²) in [5, 5.41) is 2.50. The van der Waals surface area contributed by atoms with Gasteiger partial charge in [-0.1, -0.05) is 15.9 Å². The van der Waals surface area contributed by atoms with E-state index < -0.39 is 5.82 Å². The van der Waals surface area contributed by atoms with Gasteiger partial charge in [-0.25, -0.2) is 4.39 Å². The molecule has 0 radical (unpaired) electrons. The molecule has 0 saturated carbocycles. The molecular formula is C11H14BrFN2O. The molecule has 0 aliphatic carbocycles. The van der Waals surface area contributed by atoms with Gasteiger partial charge in [0, 0.05) is 19.8 Å². The number of rotatable bonds is 3. The minimum absolute atomic E-state index is 0.196. The zero-order valence-corrected chi connectivity index (χ0v) is 11.0. The number of anilines is 2. The standard InChI is InChI=1S/C11H14BrFN2O/c1-7(12)11(16)14-10-5-4-8(15(2)3)6-9(10)13/h4-7H,1-3H3,(H,14,16). The number of amides is 1. The van der Waals surface area contributed by atoms with E-state index in [1.165, 1.54) is 6.07 Å². The van der Waals surface area contributed by atoms with Crippen molar-refractivity contribution < 1.29 is 9.18 Å². The van der Waals surface area contributed by atoms with E-state index in [0.29, 0.717) is 0 Å². The molecule has 1 atom stereocenters. The van der Waals surface area contributed by atoms with Gasteiger partial charge >= 0.3 is 0 Å². The van der Waals surface area contributed by atoms with Crippen LogP contribution >= 0.6 is 15.9 Å².